The number of hydrogen-bond donors (Lipinski definition) is 0. The number of hydrogen-bond acceptors (Lipinski definition) is 5. The van der Waals surface area contributed by atoms with Crippen molar-refractivity contribution in [1.82, 2.24) is 15.0 Å². The maximum atomic E-state index is 8.94. The Kier molecular flexibility index (Phi) is 7.41. The van der Waals surface area contributed by atoms with E-state index in [9.17, 15) is 0 Å². The summed E-state index contributed by atoms with van der Waals surface area (Å²) in [7, 11) is 0. The van der Waals surface area contributed by atoms with Crippen LogP contribution in [0.3, 0.4) is 0 Å². The molecule has 0 N–H and O–H groups in total. The molecule has 0 aliphatic heterocycles. The quantitative estimate of drug-likeness (QED) is 0.166. The summed E-state index contributed by atoms with van der Waals surface area (Å²) in [6.45, 7) is 3.56. The molecule has 8 rings (SSSR count). The van der Waals surface area contributed by atoms with Crippen molar-refractivity contribution in [3.8, 4) is 33.6 Å². The predicted molar refractivity (Wildman–Crippen MR) is 196 cm³/mol. The maximum Gasteiger partial charge on any atom is 0.148 e. The number of aryl methyl sites for hydroxylation is 4. The summed E-state index contributed by atoms with van der Waals surface area (Å²) in [5.74, 6) is -0.873. The fraction of sp³-hybridized carbons (Fsp3) is 0.167. The molecular formula is C42H35IrN3OS-2. The van der Waals surface area contributed by atoms with Crippen LogP contribution < -0.4 is 0 Å². The van der Waals surface area contributed by atoms with Gasteiger partial charge in [0, 0.05) is 53.0 Å². The van der Waals surface area contributed by atoms with E-state index in [4.69, 9.17) is 19.0 Å². The van der Waals surface area contributed by atoms with E-state index < -0.39 is 19.6 Å². The Morgan fingerprint density at radius 1 is 0.812 bits per heavy atom. The standard InChI is InChI=1S/C30H25N2OS.C12H10N.Ir/c1-16(2)23-14-25(31-15-24(23)27-17(3)8-6-9-18(27)4)22-11-7-10-20-21-12-13-26-28(32-19(5)34-26)30(21)33-29(20)22;1-10-7-8-12(13-9-10)11-5-3-2-4-6-11;/h6-10,12-16H,1-5H3;2-5,7-9H,1H3;/q2*-1;/i5D3,16D;1D3;. The van der Waals surface area contributed by atoms with E-state index in [0.717, 1.165) is 65.9 Å². The van der Waals surface area contributed by atoms with Gasteiger partial charge in [-0.05, 0) is 78.7 Å². The Bertz CT molecular complexity index is 2620. The van der Waals surface area contributed by atoms with Gasteiger partial charge >= 0.3 is 0 Å². The van der Waals surface area contributed by atoms with Crippen molar-refractivity contribution in [2.75, 3.05) is 0 Å². The molecule has 4 heterocycles. The van der Waals surface area contributed by atoms with Crippen LogP contribution in [0.5, 0.6) is 0 Å². The van der Waals surface area contributed by atoms with Crippen molar-refractivity contribution in [3.63, 3.8) is 0 Å². The topological polar surface area (TPSA) is 51.8 Å². The van der Waals surface area contributed by atoms with Crippen molar-refractivity contribution in [1.29, 1.82) is 0 Å². The third-order valence-corrected chi connectivity index (χ3v) is 8.99. The Labute approximate surface area is 309 Å². The van der Waals surface area contributed by atoms with Crippen LogP contribution in [0.15, 0.2) is 102 Å². The van der Waals surface area contributed by atoms with Crippen molar-refractivity contribution >= 4 is 43.5 Å². The van der Waals surface area contributed by atoms with Gasteiger partial charge in [0.25, 0.3) is 0 Å². The Morgan fingerprint density at radius 3 is 2.33 bits per heavy atom. The van der Waals surface area contributed by atoms with Crippen LogP contribution >= 0.6 is 11.3 Å². The number of rotatable bonds is 4. The minimum absolute atomic E-state index is 0. The molecule has 4 aromatic carbocycles. The third kappa shape index (κ3) is 6.36. The van der Waals surface area contributed by atoms with E-state index in [1.165, 1.54) is 6.20 Å². The zero-order valence-electron chi connectivity index (χ0n) is 33.7. The second-order valence-corrected chi connectivity index (χ2v) is 12.6. The summed E-state index contributed by atoms with van der Waals surface area (Å²) in [5, 5.41) is 1.84. The van der Waals surface area contributed by atoms with E-state index in [1.807, 2.05) is 74.6 Å². The number of fused-ring (bicyclic) bond motifs is 5. The zero-order chi connectivity index (χ0) is 38.6. The summed E-state index contributed by atoms with van der Waals surface area (Å²) < 4.78 is 61.1. The molecule has 0 bridgehead atoms. The fourth-order valence-corrected chi connectivity index (χ4v) is 6.65. The molecule has 0 amide bonds. The zero-order valence-corrected chi connectivity index (χ0v) is 29.9. The van der Waals surface area contributed by atoms with E-state index in [2.05, 4.69) is 48.1 Å². The first-order valence-electron chi connectivity index (χ1n) is 18.7. The van der Waals surface area contributed by atoms with Crippen molar-refractivity contribution in [2.24, 2.45) is 0 Å². The largest absolute Gasteiger partial charge is 0.498 e. The molecule has 0 saturated carbocycles. The van der Waals surface area contributed by atoms with Crippen molar-refractivity contribution in [2.45, 2.75) is 47.3 Å². The molecule has 0 spiro atoms. The van der Waals surface area contributed by atoms with Gasteiger partial charge in [0.1, 0.15) is 11.1 Å². The average molecular weight is 829 g/mol. The second kappa shape index (κ2) is 13.9. The molecule has 1 radical (unpaired) electrons. The van der Waals surface area contributed by atoms with Gasteiger partial charge < -0.3 is 14.4 Å². The molecule has 0 aliphatic rings. The number of aromatic nitrogens is 3. The summed E-state index contributed by atoms with van der Waals surface area (Å²) in [6.07, 6.45) is 3.25. The Hall–Kier alpha value is -4.48. The van der Waals surface area contributed by atoms with Crippen LogP contribution in [0.2, 0.25) is 0 Å². The number of pyridine rings is 2. The number of furan rings is 1. The fourth-order valence-electron chi connectivity index (χ4n) is 5.93. The molecular weight excluding hydrogens is 787 g/mol. The third-order valence-electron chi connectivity index (χ3n) is 8.16. The SMILES string of the molecule is [2H]C([2H])([2H])c1ccc(-c2[c-]cccc2)nc1.[2H]C([2H])([2H])c1nc2c(ccc3c4cc[c-]c(-c5cc(C([2H])(C)C)c(-c6c(C)cccc6C)cn5)c4oc32)s1.[Ir]. The van der Waals surface area contributed by atoms with Crippen LogP contribution in [0.1, 0.15) is 56.6 Å². The molecule has 241 valence electrons. The van der Waals surface area contributed by atoms with Crippen LogP contribution in [0.25, 0.3) is 65.8 Å². The van der Waals surface area contributed by atoms with Gasteiger partial charge in [-0.15, -0.1) is 65.4 Å². The molecule has 0 atom stereocenters. The normalized spacial score (nSPS) is 14.0. The smallest absolute Gasteiger partial charge is 0.148 e. The van der Waals surface area contributed by atoms with E-state index in [-0.39, 0.29) is 30.7 Å². The molecule has 6 heteroatoms. The summed E-state index contributed by atoms with van der Waals surface area (Å²) in [6, 6.07) is 32.9. The minimum Gasteiger partial charge on any atom is -0.498 e. The summed E-state index contributed by atoms with van der Waals surface area (Å²) >= 11 is 1.16. The minimum atomic E-state index is -2.28. The molecule has 8 aromatic rings. The van der Waals surface area contributed by atoms with Gasteiger partial charge in [-0.25, -0.2) is 4.98 Å². The van der Waals surface area contributed by atoms with Crippen LogP contribution in [-0.2, 0) is 20.1 Å². The molecule has 48 heavy (non-hydrogen) atoms. The monoisotopic (exact) mass is 829 g/mol. The van der Waals surface area contributed by atoms with Gasteiger partial charge in [-0.1, -0.05) is 67.3 Å². The van der Waals surface area contributed by atoms with Crippen molar-refractivity contribution in [3.05, 3.63) is 137 Å². The number of benzene rings is 4. The van der Waals surface area contributed by atoms with Gasteiger partial charge in [0.2, 0.25) is 0 Å². The predicted octanol–water partition coefficient (Wildman–Crippen LogP) is 11.6. The van der Waals surface area contributed by atoms with Crippen LogP contribution in [-0.4, -0.2) is 15.0 Å². The van der Waals surface area contributed by atoms with Crippen LogP contribution in [0, 0.1) is 39.7 Å². The Morgan fingerprint density at radius 2 is 1.62 bits per heavy atom. The van der Waals surface area contributed by atoms with E-state index in [1.54, 1.807) is 18.2 Å². The number of nitrogens with zero attached hydrogens (tertiary/aromatic N) is 3. The van der Waals surface area contributed by atoms with Gasteiger partial charge in [0.05, 0.1) is 15.3 Å². The first-order valence-corrected chi connectivity index (χ1v) is 16.0. The second-order valence-electron chi connectivity index (χ2n) is 11.6. The average Bonchev–Trinajstić information content (AvgIpc) is 3.74. The maximum absolute atomic E-state index is 8.94. The van der Waals surface area contributed by atoms with Gasteiger partial charge in [-0.2, -0.15) is 0 Å². The number of thiazole rings is 1. The Balaban J connectivity index is 0.000000254. The molecule has 4 nitrogen and oxygen atoms in total. The molecule has 0 unspecified atom stereocenters. The first-order chi connectivity index (χ1) is 25.5. The molecule has 0 aliphatic carbocycles. The van der Waals surface area contributed by atoms with Crippen molar-refractivity contribution < 1.29 is 34.1 Å². The summed E-state index contributed by atoms with van der Waals surface area (Å²) in [5.41, 5.74) is 10.1. The van der Waals surface area contributed by atoms with E-state index >= 15 is 0 Å². The first kappa shape index (κ1) is 25.5. The van der Waals surface area contributed by atoms with Crippen LogP contribution in [0.4, 0.5) is 0 Å². The van der Waals surface area contributed by atoms with Gasteiger partial charge in [0.15, 0.2) is 0 Å². The summed E-state index contributed by atoms with van der Waals surface area (Å²) in [4.78, 5) is 13.4. The van der Waals surface area contributed by atoms with Gasteiger partial charge in [-0.3, -0.25) is 0 Å². The molecule has 4 aromatic heterocycles. The molecule has 0 saturated heterocycles. The molecule has 0 fully saturated rings. The van der Waals surface area contributed by atoms with E-state index in [0.29, 0.717) is 27.9 Å².